The van der Waals surface area contributed by atoms with Gasteiger partial charge in [0.1, 0.15) is 5.78 Å². The zero-order chi connectivity index (χ0) is 13.5. The Kier molecular flexibility index (Phi) is 14.0. The van der Waals surface area contributed by atoms with Crippen molar-refractivity contribution >= 4 is 5.78 Å². The second-order valence-corrected chi connectivity index (χ2v) is 5.33. The maximum atomic E-state index is 10.7. The van der Waals surface area contributed by atoms with Crippen LogP contribution in [-0.4, -0.2) is 5.78 Å². The van der Waals surface area contributed by atoms with Crippen LogP contribution in [0.2, 0.25) is 0 Å². The summed E-state index contributed by atoms with van der Waals surface area (Å²) in [5, 5.41) is 0. The van der Waals surface area contributed by atoms with Crippen LogP contribution in [0.25, 0.3) is 0 Å². The van der Waals surface area contributed by atoms with Gasteiger partial charge in [0.2, 0.25) is 0 Å². The number of hydrogen-bond acceptors (Lipinski definition) is 1. The van der Waals surface area contributed by atoms with Gasteiger partial charge in [0.15, 0.2) is 0 Å². The summed E-state index contributed by atoms with van der Waals surface area (Å²) in [6.07, 6.45) is 19.7. The lowest BCUT2D eigenvalue weighted by molar-refractivity contribution is -0.117. The number of carbonyl (C=O) groups is 1. The summed E-state index contributed by atoms with van der Waals surface area (Å²) in [6, 6.07) is 0. The van der Waals surface area contributed by atoms with Gasteiger partial charge < -0.3 is 4.79 Å². The van der Waals surface area contributed by atoms with E-state index in [9.17, 15) is 4.79 Å². The van der Waals surface area contributed by atoms with Crippen LogP contribution in [0, 0.1) is 0 Å². The maximum absolute atomic E-state index is 10.7. The summed E-state index contributed by atoms with van der Waals surface area (Å²) in [5.74, 6) is 0.334. The molecule has 0 aromatic carbocycles. The molecule has 0 rings (SSSR count). The van der Waals surface area contributed by atoms with Crippen LogP contribution in [0.15, 0.2) is 12.2 Å². The summed E-state index contributed by atoms with van der Waals surface area (Å²) in [4.78, 5) is 10.7. The Morgan fingerprint density at radius 1 is 0.778 bits per heavy atom. The minimum Gasteiger partial charge on any atom is -0.300 e. The summed E-state index contributed by atoms with van der Waals surface area (Å²) < 4.78 is 0. The van der Waals surface area contributed by atoms with Gasteiger partial charge in [-0.3, -0.25) is 0 Å². The molecule has 0 saturated heterocycles. The van der Waals surface area contributed by atoms with Crippen LogP contribution in [0.5, 0.6) is 0 Å². The van der Waals surface area contributed by atoms with Gasteiger partial charge in [0, 0.05) is 6.42 Å². The molecule has 0 unspecified atom stereocenters. The fourth-order valence-electron chi connectivity index (χ4n) is 2.09. The van der Waals surface area contributed by atoms with Crippen molar-refractivity contribution in [3.63, 3.8) is 0 Å². The number of allylic oxidation sites excluding steroid dienone is 2. The lowest BCUT2D eigenvalue weighted by Gasteiger charge is -1.98. The first-order valence-electron chi connectivity index (χ1n) is 7.91. The Morgan fingerprint density at radius 2 is 1.28 bits per heavy atom. The Morgan fingerprint density at radius 3 is 1.83 bits per heavy atom. The van der Waals surface area contributed by atoms with E-state index in [1.807, 2.05) is 0 Å². The number of Topliss-reactive ketones (excluding diaryl/α,β-unsaturated/α-hetero) is 1. The van der Waals surface area contributed by atoms with Crippen molar-refractivity contribution in [1.82, 2.24) is 0 Å². The Bertz CT molecular complexity index is 206. The molecule has 18 heavy (non-hydrogen) atoms. The van der Waals surface area contributed by atoms with Crippen LogP contribution >= 0.6 is 0 Å². The third kappa shape index (κ3) is 15.4. The molecule has 0 bridgehead atoms. The normalized spacial score (nSPS) is 11.2. The number of unbranched alkanes of at least 4 members (excludes halogenated alkanes) is 9. The SMILES string of the molecule is CCCCCC/C=C/CCCCCCCC(C)=O. The predicted molar refractivity (Wildman–Crippen MR) is 80.9 cm³/mol. The predicted octanol–water partition coefficient (Wildman–Crippen LogP) is 5.83. The number of carbonyl (C=O) groups excluding carboxylic acids is 1. The molecule has 106 valence electrons. The zero-order valence-electron chi connectivity index (χ0n) is 12.5. The minimum absolute atomic E-state index is 0.334. The molecule has 1 heteroatoms. The molecule has 0 radical (unpaired) electrons. The Balaban J connectivity index is 3.06. The van der Waals surface area contributed by atoms with E-state index < -0.39 is 0 Å². The lowest BCUT2D eigenvalue weighted by atomic mass is 10.1. The standard InChI is InChI=1S/C17H32O/c1-3-4-5-6-7-8-9-10-11-12-13-14-15-16-17(2)18/h8-9H,3-7,10-16H2,1-2H3/b9-8+. The molecule has 0 aromatic rings. The van der Waals surface area contributed by atoms with Crippen LogP contribution in [0.4, 0.5) is 0 Å². The molecule has 0 aliphatic rings. The van der Waals surface area contributed by atoms with E-state index in [2.05, 4.69) is 19.1 Å². The third-order valence-corrected chi connectivity index (χ3v) is 3.29. The monoisotopic (exact) mass is 252 g/mol. The van der Waals surface area contributed by atoms with Crippen molar-refractivity contribution in [1.29, 1.82) is 0 Å². The highest BCUT2D eigenvalue weighted by atomic mass is 16.1. The second-order valence-electron chi connectivity index (χ2n) is 5.33. The molecule has 0 aliphatic carbocycles. The highest BCUT2D eigenvalue weighted by molar-refractivity contribution is 5.75. The summed E-state index contributed by atoms with van der Waals surface area (Å²) in [6.45, 7) is 3.94. The van der Waals surface area contributed by atoms with Gasteiger partial charge in [-0.1, -0.05) is 57.6 Å². The summed E-state index contributed by atoms with van der Waals surface area (Å²) >= 11 is 0. The quantitative estimate of drug-likeness (QED) is 0.297. The molecule has 0 saturated carbocycles. The van der Waals surface area contributed by atoms with Crippen molar-refractivity contribution in [2.24, 2.45) is 0 Å². The van der Waals surface area contributed by atoms with Crippen LogP contribution < -0.4 is 0 Å². The molecular weight excluding hydrogens is 220 g/mol. The number of ketones is 1. The van der Waals surface area contributed by atoms with E-state index in [0.29, 0.717) is 5.78 Å². The average molecular weight is 252 g/mol. The first-order chi connectivity index (χ1) is 8.77. The first-order valence-corrected chi connectivity index (χ1v) is 7.91. The number of rotatable bonds is 13. The molecule has 0 aromatic heterocycles. The van der Waals surface area contributed by atoms with E-state index in [1.54, 1.807) is 6.92 Å². The van der Waals surface area contributed by atoms with Gasteiger partial charge in [0.25, 0.3) is 0 Å². The van der Waals surface area contributed by atoms with Gasteiger partial charge >= 0.3 is 0 Å². The highest BCUT2D eigenvalue weighted by Gasteiger charge is 1.93. The van der Waals surface area contributed by atoms with Crippen molar-refractivity contribution in [2.75, 3.05) is 0 Å². The largest absolute Gasteiger partial charge is 0.300 e. The molecule has 0 N–H and O–H groups in total. The van der Waals surface area contributed by atoms with Crippen molar-refractivity contribution < 1.29 is 4.79 Å². The van der Waals surface area contributed by atoms with E-state index in [4.69, 9.17) is 0 Å². The number of hydrogen-bond donors (Lipinski definition) is 0. The summed E-state index contributed by atoms with van der Waals surface area (Å²) in [5.41, 5.74) is 0. The molecular formula is C17H32O. The topological polar surface area (TPSA) is 17.1 Å². The van der Waals surface area contributed by atoms with E-state index in [-0.39, 0.29) is 0 Å². The van der Waals surface area contributed by atoms with Crippen molar-refractivity contribution in [3.05, 3.63) is 12.2 Å². The maximum Gasteiger partial charge on any atom is 0.129 e. The van der Waals surface area contributed by atoms with Gasteiger partial charge in [-0.05, 0) is 39.0 Å². The highest BCUT2D eigenvalue weighted by Crippen LogP contribution is 2.08. The summed E-state index contributed by atoms with van der Waals surface area (Å²) in [7, 11) is 0. The van der Waals surface area contributed by atoms with Gasteiger partial charge in [-0.2, -0.15) is 0 Å². The van der Waals surface area contributed by atoms with Crippen molar-refractivity contribution in [3.8, 4) is 0 Å². The Labute approximate surface area is 114 Å². The fraction of sp³-hybridized carbons (Fsp3) is 0.824. The van der Waals surface area contributed by atoms with E-state index in [0.717, 1.165) is 12.8 Å². The van der Waals surface area contributed by atoms with Gasteiger partial charge in [-0.15, -0.1) is 0 Å². The molecule has 1 nitrogen and oxygen atoms in total. The fourth-order valence-corrected chi connectivity index (χ4v) is 2.09. The van der Waals surface area contributed by atoms with Gasteiger partial charge in [0.05, 0.1) is 0 Å². The van der Waals surface area contributed by atoms with Crippen LogP contribution in [0.1, 0.15) is 90.9 Å². The van der Waals surface area contributed by atoms with Gasteiger partial charge in [-0.25, -0.2) is 0 Å². The van der Waals surface area contributed by atoms with Crippen molar-refractivity contribution in [2.45, 2.75) is 90.9 Å². The van der Waals surface area contributed by atoms with Crippen LogP contribution in [0.3, 0.4) is 0 Å². The molecule has 0 fully saturated rings. The second kappa shape index (κ2) is 14.5. The first kappa shape index (κ1) is 17.4. The molecule has 0 aliphatic heterocycles. The van der Waals surface area contributed by atoms with E-state index in [1.165, 1.54) is 64.2 Å². The average Bonchev–Trinajstić information content (AvgIpc) is 2.34. The minimum atomic E-state index is 0.334. The third-order valence-electron chi connectivity index (χ3n) is 3.29. The van der Waals surface area contributed by atoms with E-state index >= 15 is 0 Å². The molecule has 0 heterocycles. The lowest BCUT2D eigenvalue weighted by Crippen LogP contribution is -1.89. The Hall–Kier alpha value is -0.590. The molecule has 0 spiro atoms. The molecule has 0 amide bonds. The van der Waals surface area contributed by atoms with Crippen LogP contribution in [-0.2, 0) is 4.79 Å². The molecule has 0 atom stereocenters. The smallest absolute Gasteiger partial charge is 0.129 e. The zero-order valence-corrected chi connectivity index (χ0v) is 12.5.